The molecule has 104 valence electrons. The van der Waals surface area contributed by atoms with Crippen LogP contribution in [-0.2, 0) is 16.4 Å². The molecule has 1 aromatic heterocycles. The van der Waals surface area contributed by atoms with E-state index < -0.39 is 9.84 Å². The predicted octanol–water partition coefficient (Wildman–Crippen LogP) is 1.49. The number of sulfone groups is 1. The molecule has 0 aliphatic heterocycles. The standard InChI is InChI=1S/C11H22N4O2S/c1-4-6-8-15-10(12)9(18(3,16)17)11(14-15)13-7-5-2/h4-8,12H2,1-3H3,(H,13,14). The summed E-state index contributed by atoms with van der Waals surface area (Å²) in [6, 6.07) is 0. The Morgan fingerprint density at radius 2 is 2.00 bits per heavy atom. The molecule has 0 saturated carbocycles. The monoisotopic (exact) mass is 274 g/mol. The minimum atomic E-state index is -3.37. The van der Waals surface area contributed by atoms with Crippen LogP contribution in [0, 0.1) is 0 Å². The number of nitrogens with zero attached hydrogens (tertiary/aromatic N) is 2. The van der Waals surface area contributed by atoms with Crippen molar-refractivity contribution in [1.82, 2.24) is 9.78 Å². The van der Waals surface area contributed by atoms with Crippen LogP contribution in [0.5, 0.6) is 0 Å². The average Bonchev–Trinajstić information content (AvgIpc) is 2.60. The molecule has 1 heterocycles. The molecule has 6 nitrogen and oxygen atoms in total. The highest BCUT2D eigenvalue weighted by atomic mass is 32.2. The number of hydrogen-bond donors (Lipinski definition) is 2. The Hall–Kier alpha value is -1.24. The molecule has 1 aromatic rings. The molecule has 7 heteroatoms. The Bertz CT molecular complexity index is 493. The average molecular weight is 274 g/mol. The molecule has 0 amide bonds. The van der Waals surface area contributed by atoms with Gasteiger partial charge in [-0.1, -0.05) is 20.3 Å². The first-order chi connectivity index (χ1) is 8.41. The van der Waals surface area contributed by atoms with Crippen LogP contribution in [0.25, 0.3) is 0 Å². The van der Waals surface area contributed by atoms with E-state index >= 15 is 0 Å². The van der Waals surface area contributed by atoms with Gasteiger partial charge >= 0.3 is 0 Å². The summed E-state index contributed by atoms with van der Waals surface area (Å²) in [7, 11) is -3.37. The second-order valence-electron chi connectivity index (χ2n) is 4.34. The van der Waals surface area contributed by atoms with E-state index in [0.29, 0.717) is 18.9 Å². The van der Waals surface area contributed by atoms with Crippen molar-refractivity contribution in [3.8, 4) is 0 Å². The van der Waals surface area contributed by atoms with E-state index in [1.165, 1.54) is 0 Å². The maximum atomic E-state index is 11.8. The zero-order valence-corrected chi connectivity index (χ0v) is 12.0. The van der Waals surface area contributed by atoms with Gasteiger partial charge in [0.2, 0.25) is 0 Å². The molecule has 0 radical (unpaired) electrons. The molecule has 0 saturated heterocycles. The number of nitrogens with two attached hydrogens (primary N) is 1. The lowest BCUT2D eigenvalue weighted by Gasteiger charge is -2.03. The van der Waals surface area contributed by atoms with Crippen LogP contribution in [0.4, 0.5) is 11.6 Å². The van der Waals surface area contributed by atoms with Gasteiger partial charge in [0.05, 0.1) is 0 Å². The van der Waals surface area contributed by atoms with E-state index in [1.807, 2.05) is 6.92 Å². The topological polar surface area (TPSA) is 90.0 Å². The van der Waals surface area contributed by atoms with E-state index in [4.69, 9.17) is 5.73 Å². The third kappa shape index (κ3) is 3.38. The molecule has 0 fully saturated rings. The Balaban J connectivity index is 3.14. The van der Waals surface area contributed by atoms with Crippen molar-refractivity contribution in [2.24, 2.45) is 0 Å². The lowest BCUT2D eigenvalue weighted by atomic mass is 10.3. The summed E-state index contributed by atoms with van der Waals surface area (Å²) in [5, 5.41) is 7.27. The quantitative estimate of drug-likeness (QED) is 0.786. The summed E-state index contributed by atoms with van der Waals surface area (Å²) >= 11 is 0. The summed E-state index contributed by atoms with van der Waals surface area (Å²) in [5.41, 5.74) is 5.88. The highest BCUT2D eigenvalue weighted by molar-refractivity contribution is 7.91. The summed E-state index contributed by atoms with van der Waals surface area (Å²) in [4.78, 5) is 0.118. The molecule has 0 bridgehead atoms. The normalized spacial score (nSPS) is 11.7. The summed E-state index contributed by atoms with van der Waals surface area (Å²) < 4.78 is 25.1. The largest absolute Gasteiger partial charge is 0.383 e. The molecular formula is C11H22N4O2S. The maximum absolute atomic E-state index is 11.8. The van der Waals surface area contributed by atoms with Crippen molar-refractivity contribution in [2.45, 2.75) is 44.6 Å². The van der Waals surface area contributed by atoms with Gasteiger partial charge in [-0.3, -0.25) is 0 Å². The van der Waals surface area contributed by atoms with Crippen molar-refractivity contribution in [1.29, 1.82) is 0 Å². The number of nitrogens with one attached hydrogen (secondary N) is 1. The Kier molecular flexibility index (Phi) is 5.01. The molecule has 0 aliphatic carbocycles. The fraction of sp³-hybridized carbons (Fsp3) is 0.727. The van der Waals surface area contributed by atoms with Crippen LogP contribution in [0.2, 0.25) is 0 Å². The zero-order valence-electron chi connectivity index (χ0n) is 11.2. The van der Waals surface area contributed by atoms with Crippen LogP contribution in [0.1, 0.15) is 33.1 Å². The van der Waals surface area contributed by atoms with Crippen molar-refractivity contribution in [3.05, 3.63) is 0 Å². The van der Waals surface area contributed by atoms with E-state index in [0.717, 1.165) is 25.5 Å². The summed E-state index contributed by atoms with van der Waals surface area (Å²) in [6.07, 6.45) is 3.97. The lowest BCUT2D eigenvalue weighted by molar-refractivity contribution is 0.578. The van der Waals surface area contributed by atoms with Gasteiger partial charge in [0.1, 0.15) is 5.82 Å². The molecule has 0 unspecified atom stereocenters. The van der Waals surface area contributed by atoms with Gasteiger partial charge in [0.15, 0.2) is 20.6 Å². The number of aryl methyl sites for hydroxylation is 1. The second kappa shape index (κ2) is 6.08. The van der Waals surface area contributed by atoms with Gasteiger partial charge in [0.25, 0.3) is 0 Å². The fourth-order valence-electron chi connectivity index (χ4n) is 1.66. The van der Waals surface area contributed by atoms with Gasteiger partial charge in [-0.05, 0) is 12.8 Å². The van der Waals surface area contributed by atoms with Crippen LogP contribution in [0.15, 0.2) is 4.90 Å². The highest BCUT2D eigenvalue weighted by Gasteiger charge is 2.23. The third-order valence-corrected chi connectivity index (χ3v) is 3.73. The number of anilines is 2. The number of rotatable bonds is 7. The van der Waals surface area contributed by atoms with Gasteiger partial charge in [-0.25, -0.2) is 13.1 Å². The first-order valence-corrected chi connectivity index (χ1v) is 8.11. The van der Waals surface area contributed by atoms with Gasteiger partial charge < -0.3 is 11.1 Å². The molecule has 1 rings (SSSR count). The Labute approximate surface area is 108 Å². The molecule has 0 spiro atoms. The van der Waals surface area contributed by atoms with Gasteiger partial charge in [-0.15, -0.1) is 0 Å². The Morgan fingerprint density at radius 3 is 2.50 bits per heavy atom. The SMILES string of the molecule is CCCCn1nc(NCCC)c(S(C)(=O)=O)c1N. The Morgan fingerprint density at radius 1 is 1.33 bits per heavy atom. The van der Waals surface area contributed by atoms with E-state index in [9.17, 15) is 8.42 Å². The number of nitrogen functional groups attached to an aromatic ring is 1. The molecular weight excluding hydrogens is 252 g/mol. The molecule has 0 aromatic carbocycles. The predicted molar refractivity (Wildman–Crippen MR) is 73.4 cm³/mol. The third-order valence-electron chi connectivity index (χ3n) is 2.58. The lowest BCUT2D eigenvalue weighted by Crippen LogP contribution is -2.07. The molecule has 18 heavy (non-hydrogen) atoms. The molecule has 0 atom stereocenters. The van der Waals surface area contributed by atoms with Crippen molar-refractivity contribution in [3.63, 3.8) is 0 Å². The van der Waals surface area contributed by atoms with Crippen molar-refractivity contribution in [2.75, 3.05) is 23.9 Å². The second-order valence-corrected chi connectivity index (χ2v) is 6.29. The van der Waals surface area contributed by atoms with Crippen LogP contribution in [-0.4, -0.2) is 31.0 Å². The fourth-order valence-corrected chi connectivity index (χ4v) is 2.61. The minimum absolute atomic E-state index is 0.118. The van der Waals surface area contributed by atoms with E-state index in [2.05, 4.69) is 17.3 Å². The van der Waals surface area contributed by atoms with Crippen molar-refractivity contribution < 1.29 is 8.42 Å². The van der Waals surface area contributed by atoms with Crippen LogP contribution in [0.3, 0.4) is 0 Å². The van der Waals surface area contributed by atoms with Crippen molar-refractivity contribution >= 4 is 21.5 Å². The van der Waals surface area contributed by atoms with Crippen LogP contribution < -0.4 is 11.1 Å². The number of hydrogen-bond acceptors (Lipinski definition) is 5. The zero-order chi connectivity index (χ0) is 13.8. The van der Waals surface area contributed by atoms with E-state index in [1.54, 1.807) is 4.68 Å². The number of aromatic nitrogens is 2. The van der Waals surface area contributed by atoms with E-state index in [-0.39, 0.29) is 10.7 Å². The van der Waals surface area contributed by atoms with Crippen LogP contribution >= 0.6 is 0 Å². The molecule has 3 N–H and O–H groups in total. The summed E-state index contributed by atoms with van der Waals surface area (Å²) in [6.45, 7) is 5.38. The first kappa shape index (κ1) is 14.8. The molecule has 0 aliphatic rings. The van der Waals surface area contributed by atoms with Gasteiger partial charge in [-0.2, -0.15) is 5.10 Å². The summed E-state index contributed by atoms with van der Waals surface area (Å²) in [5.74, 6) is 0.595. The number of unbranched alkanes of at least 4 members (excludes halogenated alkanes) is 1. The minimum Gasteiger partial charge on any atom is -0.383 e. The first-order valence-electron chi connectivity index (χ1n) is 6.22. The maximum Gasteiger partial charge on any atom is 0.182 e. The highest BCUT2D eigenvalue weighted by Crippen LogP contribution is 2.27. The van der Waals surface area contributed by atoms with Gasteiger partial charge in [0, 0.05) is 19.3 Å². The smallest absolute Gasteiger partial charge is 0.182 e.